The van der Waals surface area contributed by atoms with Crippen LogP contribution in [0, 0.1) is 6.92 Å². The minimum absolute atomic E-state index is 0. The highest BCUT2D eigenvalue weighted by Gasteiger charge is 2.00. The molecule has 7 heteroatoms. The standard InChI is InChI=1S/C17H30N4O2.HI/c1-15-5-7-16(8-6-15)23-13-10-20-17(18-2)19-9-11-21(3)12-14-22-4;/h5-8H,9-14H2,1-4H3,(H2,18,19,20);1H. The number of aryl methyl sites for hydroxylation is 1. The number of methoxy groups -OCH3 is 1. The van der Waals surface area contributed by atoms with E-state index >= 15 is 0 Å². The predicted molar refractivity (Wildman–Crippen MR) is 111 cm³/mol. The predicted octanol–water partition coefficient (Wildman–Crippen LogP) is 1.74. The molecular weight excluding hydrogens is 419 g/mol. The number of halogens is 1. The zero-order valence-corrected chi connectivity index (χ0v) is 17.5. The summed E-state index contributed by atoms with van der Waals surface area (Å²) in [5.74, 6) is 1.68. The summed E-state index contributed by atoms with van der Waals surface area (Å²) in [6, 6.07) is 8.06. The van der Waals surface area contributed by atoms with Crippen LogP contribution in [0.2, 0.25) is 0 Å². The maximum Gasteiger partial charge on any atom is 0.191 e. The van der Waals surface area contributed by atoms with Crippen molar-refractivity contribution in [3.05, 3.63) is 29.8 Å². The highest BCUT2D eigenvalue weighted by molar-refractivity contribution is 14.0. The summed E-state index contributed by atoms with van der Waals surface area (Å²) in [5, 5.41) is 6.52. The van der Waals surface area contributed by atoms with Gasteiger partial charge in [-0.1, -0.05) is 17.7 Å². The molecule has 24 heavy (non-hydrogen) atoms. The normalized spacial score (nSPS) is 11.1. The first-order chi connectivity index (χ1) is 11.2. The smallest absolute Gasteiger partial charge is 0.191 e. The lowest BCUT2D eigenvalue weighted by Crippen LogP contribution is -2.42. The van der Waals surface area contributed by atoms with Crippen molar-refractivity contribution < 1.29 is 9.47 Å². The Bertz CT molecular complexity index is 454. The van der Waals surface area contributed by atoms with Crippen molar-refractivity contribution in [2.75, 3.05) is 60.6 Å². The SMILES string of the molecule is CN=C(NCCOc1ccc(C)cc1)NCCN(C)CCOC.I. The van der Waals surface area contributed by atoms with E-state index in [2.05, 4.69) is 34.5 Å². The molecule has 0 aliphatic rings. The van der Waals surface area contributed by atoms with Crippen molar-refractivity contribution in [1.82, 2.24) is 15.5 Å². The molecule has 0 aliphatic heterocycles. The fraction of sp³-hybridized carbons (Fsp3) is 0.588. The maximum absolute atomic E-state index is 5.68. The van der Waals surface area contributed by atoms with Gasteiger partial charge in [-0.25, -0.2) is 0 Å². The van der Waals surface area contributed by atoms with Crippen LogP contribution in [0.3, 0.4) is 0 Å². The summed E-state index contributed by atoms with van der Waals surface area (Å²) in [6.45, 7) is 6.80. The summed E-state index contributed by atoms with van der Waals surface area (Å²) < 4.78 is 10.7. The number of nitrogens with one attached hydrogen (secondary N) is 2. The lowest BCUT2D eigenvalue weighted by atomic mass is 10.2. The monoisotopic (exact) mass is 450 g/mol. The van der Waals surface area contributed by atoms with Crippen LogP contribution in [0.15, 0.2) is 29.3 Å². The zero-order valence-electron chi connectivity index (χ0n) is 15.2. The van der Waals surface area contributed by atoms with E-state index < -0.39 is 0 Å². The first-order valence-electron chi connectivity index (χ1n) is 7.97. The van der Waals surface area contributed by atoms with Gasteiger partial charge in [-0.15, -0.1) is 24.0 Å². The van der Waals surface area contributed by atoms with Gasteiger partial charge in [0, 0.05) is 33.8 Å². The Morgan fingerprint density at radius 1 is 1.08 bits per heavy atom. The van der Waals surface area contributed by atoms with Gasteiger partial charge in [-0.05, 0) is 26.1 Å². The van der Waals surface area contributed by atoms with Gasteiger partial charge in [0.25, 0.3) is 0 Å². The average molecular weight is 450 g/mol. The quantitative estimate of drug-likeness (QED) is 0.246. The van der Waals surface area contributed by atoms with Crippen LogP contribution in [0.1, 0.15) is 5.56 Å². The van der Waals surface area contributed by atoms with Crippen LogP contribution in [0.25, 0.3) is 0 Å². The second-order valence-corrected chi connectivity index (χ2v) is 5.38. The highest BCUT2D eigenvalue weighted by atomic mass is 127. The van der Waals surface area contributed by atoms with Crippen LogP contribution in [-0.4, -0.2) is 71.5 Å². The molecule has 0 bridgehead atoms. The number of benzene rings is 1. The number of guanidine groups is 1. The Balaban J connectivity index is 0.00000529. The molecule has 0 fully saturated rings. The minimum Gasteiger partial charge on any atom is -0.492 e. The van der Waals surface area contributed by atoms with Gasteiger partial charge >= 0.3 is 0 Å². The maximum atomic E-state index is 5.68. The van der Waals surface area contributed by atoms with E-state index in [1.54, 1.807) is 14.2 Å². The molecule has 0 saturated heterocycles. The van der Waals surface area contributed by atoms with Crippen LogP contribution in [-0.2, 0) is 4.74 Å². The Hall–Kier alpha value is -1.06. The fourth-order valence-electron chi connectivity index (χ4n) is 1.92. The third kappa shape index (κ3) is 10.7. The van der Waals surface area contributed by atoms with E-state index in [1.165, 1.54) is 5.56 Å². The molecule has 0 aromatic heterocycles. The lowest BCUT2D eigenvalue weighted by Gasteiger charge is -2.17. The van der Waals surface area contributed by atoms with Crippen molar-refractivity contribution in [2.45, 2.75) is 6.92 Å². The summed E-state index contributed by atoms with van der Waals surface area (Å²) >= 11 is 0. The van der Waals surface area contributed by atoms with Gasteiger partial charge in [0.1, 0.15) is 12.4 Å². The largest absolute Gasteiger partial charge is 0.492 e. The molecule has 0 spiro atoms. The number of likely N-dealkylation sites (N-methyl/N-ethyl adjacent to an activating group) is 1. The number of aliphatic imine (C=N–C) groups is 1. The van der Waals surface area contributed by atoms with Crippen LogP contribution in [0.5, 0.6) is 5.75 Å². The van der Waals surface area contributed by atoms with Crippen molar-refractivity contribution in [3.8, 4) is 5.75 Å². The summed E-state index contributed by atoms with van der Waals surface area (Å²) in [4.78, 5) is 6.41. The molecule has 1 rings (SSSR count). The van der Waals surface area contributed by atoms with E-state index in [-0.39, 0.29) is 24.0 Å². The molecular formula is C17H31IN4O2. The molecule has 0 aliphatic carbocycles. The molecule has 0 saturated carbocycles. The van der Waals surface area contributed by atoms with E-state index in [9.17, 15) is 0 Å². The lowest BCUT2D eigenvalue weighted by molar-refractivity contribution is 0.162. The van der Waals surface area contributed by atoms with Gasteiger partial charge in [0.05, 0.1) is 13.2 Å². The minimum atomic E-state index is 0. The fourth-order valence-corrected chi connectivity index (χ4v) is 1.92. The van der Waals surface area contributed by atoms with Gasteiger partial charge in [-0.2, -0.15) is 0 Å². The molecule has 1 aromatic rings. The van der Waals surface area contributed by atoms with E-state index in [1.807, 2.05) is 24.3 Å². The molecule has 0 amide bonds. The van der Waals surface area contributed by atoms with Crippen molar-refractivity contribution >= 4 is 29.9 Å². The number of nitrogens with zero attached hydrogens (tertiary/aromatic N) is 2. The highest BCUT2D eigenvalue weighted by Crippen LogP contribution is 2.10. The van der Waals surface area contributed by atoms with E-state index in [0.29, 0.717) is 13.2 Å². The Morgan fingerprint density at radius 3 is 2.38 bits per heavy atom. The van der Waals surface area contributed by atoms with E-state index in [0.717, 1.165) is 38.0 Å². The summed E-state index contributed by atoms with van der Waals surface area (Å²) in [5.41, 5.74) is 1.23. The van der Waals surface area contributed by atoms with E-state index in [4.69, 9.17) is 9.47 Å². The average Bonchev–Trinajstić information content (AvgIpc) is 2.56. The van der Waals surface area contributed by atoms with Crippen molar-refractivity contribution in [1.29, 1.82) is 0 Å². The van der Waals surface area contributed by atoms with Crippen molar-refractivity contribution in [2.24, 2.45) is 4.99 Å². The zero-order chi connectivity index (χ0) is 16.9. The summed E-state index contributed by atoms with van der Waals surface area (Å²) in [6.07, 6.45) is 0. The number of hydrogen-bond acceptors (Lipinski definition) is 4. The van der Waals surface area contributed by atoms with Gasteiger partial charge < -0.3 is 25.0 Å². The van der Waals surface area contributed by atoms with Crippen LogP contribution < -0.4 is 15.4 Å². The van der Waals surface area contributed by atoms with Crippen LogP contribution in [0.4, 0.5) is 0 Å². The Morgan fingerprint density at radius 2 is 1.75 bits per heavy atom. The first-order valence-corrected chi connectivity index (χ1v) is 7.97. The molecule has 0 unspecified atom stereocenters. The number of ether oxygens (including phenoxy) is 2. The molecule has 138 valence electrons. The topological polar surface area (TPSA) is 58.1 Å². The third-order valence-corrected chi connectivity index (χ3v) is 3.37. The third-order valence-electron chi connectivity index (χ3n) is 3.37. The number of hydrogen-bond donors (Lipinski definition) is 2. The van der Waals surface area contributed by atoms with Gasteiger partial charge in [0.2, 0.25) is 0 Å². The van der Waals surface area contributed by atoms with Gasteiger partial charge in [-0.3, -0.25) is 4.99 Å². The summed E-state index contributed by atoms with van der Waals surface area (Å²) in [7, 11) is 5.56. The van der Waals surface area contributed by atoms with Gasteiger partial charge in [0.15, 0.2) is 5.96 Å². The molecule has 2 N–H and O–H groups in total. The molecule has 1 aromatic carbocycles. The molecule has 0 heterocycles. The van der Waals surface area contributed by atoms with Crippen LogP contribution >= 0.6 is 24.0 Å². The molecule has 6 nitrogen and oxygen atoms in total. The second-order valence-electron chi connectivity index (χ2n) is 5.38. The van der Waals surface area contributed by atoms with Crippen molar-refractivity contribution in [3.63, 3.8) is 0 Å². The second kappa shape index (κ2) is 14.3. The Kier molecular flexibility index (Phi) is 13.7. The Labute approximate surface area is 163 Å². The first kappa shape index (κ1) is 22.9. The molecule has 0 atom stereocenters. The number of rotatable bonds is 10. The molecule has 0 radical (unpaired) electrons.